The van der Waals surface area contributed by atoms with E-state index in [0.717, 1.165) is 22.3 Å². The number of rotatable bonds is 9. The van der Waals surface area contributed by atoms with Crippen molar-refractivity contribution in [3.8, 4) is 22.5 Å². The van der Waals surface area contributed by atoms with Crippen LogP contribution in [0.3, 0.4) is 0 Å². The van der Waals surface area contributed by atoms with E-state index >= 15 is 0 Å². The predicted octanol–water partition coefficient (Wildman–Crippen LogP) is 3.45. The molecule has 0 aliphatic carbocycles. The number of amides is 1. The van der Waals surface area contributed by atoms with Crippen LogP contribution < -0.4 is 11.1 Å². The van der Waals surface area contributed by atoms with Gasteiger partial charge in [0.15, 0.2) is 11.6 Å². The van der Waals surface area contributed by atoms with Gasteiger partial charge in [0.2, 0.25) is 5.91 Å². The number of benzene rings is 1. The van der Waals surface area contributed by atoms with E-state index < -0.39 is 5.91 Å². The summed E-state index contributed by atoms with van der Waals surface area (Å²) < 4.78 is 1.79. The van der Waals surface area contributed by atoms with Crippen LogP contribution >= 0.6 is 0 Å². The van der Waals surface area contributed by atoms with Crippen molar-refractivity contribution in [2.45, 2.75) is 19.4 Å². The lowest BCUT2D eigenvalue weighted by atomic mass is 10.1. The summed E-state index contributed by atoms with van der Waals surface area (Å²) in [6.07, 6.45) is 6.62. The largest absolute Gasteiger partial charge is 0.369 e. The van der Waals surface area contributed by atoms with Gasteiger partial charge in [0.05, 0.1) is 18.7 Å². The molecule has 0 fully saturated rings. The number of nitrogens with two attached hydrogens (primary N) is 1. The number of primary amides is 1. The van der Waals surface area contributed by atoms with E-state index in [4.69, 9.17) is 15.8 Å². The first-order chi connectivity index (χ1) is 17.6. The maximum Gasteiger partial charge on any atom is 0.224 e. The highest BCUT2D eigenvalue weighted by Gasteiger charge is 2.16. The minimum Gasteiger partial charge on any atom is -0.369 e. The molecule has 0 spiro atoms. The molecular formula is C27H23N7O2. The maximum absolute atomic E-state index is 12.1. The van der Waals surface area contributed by atoms with Gasteiger partial charge in [-0.25, -0.2) is 9.50 Å². The van der Waals surface area contributed by atoms with Crippen LogP contribution in [0.4, 0.5) is 5.82 Å². The molecule has 9 nitrogen and oxygen atoms in total. The minimum absolute atomic E-state index is 0.0541. The van der Waals surface area contributed by atoms with Crippen molar-refractivity contribution in [2.75, 3.05) is 5.32 Å². The Balaban J connectivity index is 1.55. The molecule has 0 bridgehead atoms. The van der Waals surface area contributed by atoms with E-state index in [1.54, 1.807) is 29.2 Å². The normalized spacial score (nSPS) is 10.9. The molecule has 1 aromatic carbocycles. The number of ketones is 1. The number of nitrogens with zero attached hydrogens (tertiary/aromatic N) is 5. The highest BCUT2D eigenvalue weighted by atomic mass is 16.2. The Hall–Kier alpha value is -4.92. The lowest BCUT2D eigenvalue weighted by Gasteiger charge is -2.12. The molecule has 0 saturated heterocycles. The van der Waals surface area contributed by atoms with Gasteiger partial charge in [-0.05, 0) is 35.4 Å². The van der Waals surface area contributed by atoms with E-state index in [0.29, 0.717) is 29.3 Å². The predicted molar refractivity (Wildman–Crippen MR) is 136 cm³/mol. The van der Waals surface area contributed by atoms with Crippen LogP contribution in [-0.2, 0) is 22.6 Å². The Labute approximate surface area is 207 Å². The first-order valence-electron chi connectivity index (χ1n) is 11.4. The molecule has 36 heavy (non-hydrogen) atoms. The second-order valence-corrected chi connectivity index (χ2v) is 8.29. The molecule has 0 unspecified atom stereocenters. The molecular weight excluding hydrogens is 454 g/mol. The maximum atomic E-state index is 12.1. The van der Waals surface area contributed by atoms with Crippen LogP contribution in [0.15, 0.2) is 85.5 Å². The van der Waals surface area contributed by atoms with Crippen molar-refractivity contribution in [1.29, 1.82) is 0 Å². The fourth-order valence-corrected chi connectivity index (χ4v) is 3.99. The number of pyridine rings is 2. The third-order valence-corrected chi connectivity index (χ3v) is 5.58. The Morgan fingerprint density at radius 2 is 1.81 bits per heavy atom. The topological polar surface area (TPSA) is 128 Å². The van der Waals surface area contributed by atoms with Gasteiger partial charge in [-0.3, -0.25) is 19.6 Å². The first-order valence-corrected chi connectivity index (χ1v) is 11.4. The summed E-state index contributed by atoms with van der Waals surface area (Å²) >= 11 is 0. The number of anilines is 1. The number of carbonyl (C=O) groups is 2. The Morgan fingerprint density at radius 1 is 0.972 bits per heavy atom. The van der Waals surface area contributed by atoms with E-state index in [2.05, 4.69) is 15.3 Å². The molecule has 3 N–H and O–H groups in total. The van der Waals surface area contributed by atoms with Gasteiger partial charge in [-0.1, -0.05) is 36.4 Å². The number of aromatic nitrogens is 5. The van der Waals surface area contributed by atoms with E-state index in [1.807, 2.05) is 60.8 Å². The van der Waals surface area contributed by atoms with Gasteiger partial charge in [0.25, 0.3) is 0 Å². The molecule has 9 heteroatoms. The summed E-state index contributed by atoms with van der Waals surface area (Å²) in [6, 6.07) is 19.6. The van der Waals surface area contributed by atoms with Crippen molar-refractivity contribution in [3.05, 3.63) is 96.7 Å². The van der Waals surface area contributed by atoms with Crippen molar-refractivity contribution in [1.82, 2.24) is 24.6 Å². The number of Topliss-reactive ketones (excluding diaryl/α,β-unsaturated/α-hetero) is 1. The van der Waals surface area contributed by atoms with E-state index in [1.165, 1.54) is 0 Å². The SMILES string of the molecule is NC(=O)CC(=O)Cc1cncc(-c2nc(NCc3ccccn3)c3c(-c4ccccc4)ccn3n2)c1. The zero-order valence-electron chi connectivity index (χ0n) is 19.3. The van der Waals surface area contributed by atoms with Crippen molar-refractivity contribution in [3.63, 3.8) is 0 Å². The number of fused-ring (bicyclic) bond motifs is 1. The van der Waals surface area contributed by atoms with Gasteiger partial charge in [-0.15, -0.1) is 5.10 Å². The van der Waals surface area contributed by atoms with Crippen molar-refractivity contribution >= 4 is 23.0 Å². The molecule has 178 valence electrons. The van der Waals surface area contributed by atoms with Gasteiger partial charge in [0, 0.05) is 42.3 Å². The van der Waals surface area contributed by atoms with Crippen LogP contribution in [0.25, 0.3) is 28.0 Å². The van der Waals surface area contributed by atoms with Gasteiger partial charge < -0.3 is 11.1 Å². The second kappa shape index (κ2) is 10.1. The summed E-state index contributed by atoms with van der Waals surface area (Å²) in [5.74, 6) is 0.166. The van der Waals surface area contributed by atoms with E-state index in [-0.39, 0.29) is 18.6 Å². The fourth-order valence-electron chi connectivity index (χ4n) is 3.99. The monoisotopic (exact) mass is 477 g/mol. The van der Waals surface area contributed by atoms with Crippen LogP contribution in [0.1, 0.15) is 17.7 Å². The van der Waals surface area contributed by atoms with Gasteiger partial charge >= 0.3 is 0 Å². The van der Waals surface area contributed by atoms with Crippen molar-refractivity contribution in [2.24, 2.45) is 5.73 Å². The zero-order chi connectivity index (χ0) is 24.9. The molecule has 0 aliphatic heterocycles. The Kier molecular flexibility index (Phi) is 6.44. The van der Waals surface area contributed by atoms with Gasteiger partial charge in [-0.2, -0.15) is 0 Å². The minimum atomic E-state index is -0.650. The highest BCUT2D eigenvalue weighted by Crippen LogP contribution is 2.31. The molecule has 4 aromatic heterocycles. The molecule has 0 aliphatic rings. The number of nitrogens with one attached hydrogen (secondary N) is 1. The quantitative estimate of drug-likeness (QED) is 0.311. The zero-order valence-corrected chi connectivity index (χ0v) is 19.3. The lowest BCUT2D eigenvalue weighted by molar-refractivity contribution is -0.126. The first kappa shape index (κ1) is 22.9. The third kappa shape index (κ3) is 5.10. The summed E-state index contributed by atoms with van der Waals surface area (Å²) in [5.41, 5.74) is 10.2. The lowest BCUT2D eigenvalue weighted by Crippen LogP contribution is -2.17. The Bertz CT molecular complexity index is 1530. The average molecular weight is 478 g/mol. The average Bonchev–Trinajstić information content (AvgIpc) is 3.32. The molecule has 0 radical (unpaired) electrons. The number of hydrogen-bond acceptors (Lipinski definition) is 7. The van der Waals surface area contributed by atoms with Crippen LogP contribution in [0, 0.1) is 0 Å². The van der Waals surface area contributed by atoms with Gasteiger partial charge in [0.1, 0.15) is 11.3 Å². The molecule has 1 amide bonds. The van der Waals surface area contributed by atoms with Crippen molar-refractivity contribution < 1.29 is 9.59 Å². The summed E-state index contributed by atoms with van der Waals surface area (Å²) in [7, 11) is 0. The molecule has 4 heterocycles. The number of carbonyl (C=O) groups excluding carboxylic acids is 2. The molecule has 0 atom stereocenters. The number of hydrogen-bond donors (Lipinski definition) is 2. The highest BCUT2D eigenvalue weighted by molar-refractivity contribution is 5.98. The molecule has 0 saturated carbocycles. The second-order valence-electron chi connectivity index (χ2n) is 8.29. The Morgan fingerprint density at radius 3 is 2.58 bits per heavy atom. The molecule has 5 aromatic rings. The third-order valence-electron chi connectivity index (χ3n) is 5.58. The van der Waals surface area contributed by atoms with E-state index in [9.17, 15) is 9.59 Å². The van der Waals surface area contributed by atoms with Crippen LogP contribution in [-0.4, -0.2) is 36.3 Å². The van der Waals surface area contributed by atoms with Crippen LogP contribution in [0.2, 0.25) is 0 Å². The summed E-state index contributed by atoms with van der Waals surface area (Å²) in [4.78, 5) is 36.6. The standard InChI is InChI=1S/C27H23N7O2/c28-24(36)14-22(35)13-18-12-20(16-29-15-18)26-32-27(31-17-21-8-4-5-10-30-21)25-23(9-11-34(25)33-26)19-6-2-1-3-7-19/h1-12,15-16H,13-14,17H2,(H2,28,36)(H,31,32,33). The summed E-state index contributed by atoms with van der Waals surface area (Å²) in [5, 5.41) is 8.15. The smallest absolute Gasteiger partial charge is 0.224 e. The van der Waals surface area contributed by atoms with Crippen LogP contribution in [0.5, 0.6) is 0 Å². The molecule has 5 rings (SSSR count). The summed E-state index contributed by atoms with van der Waals surface area (Å²) in [6.45, 7) is 0.478. The fraction of sp³-hybridized carbons (Fsp3) is 0.111.